The number of amides is 1. The summed E-state index contributed by atoms with van der Waals surface area (Å²) in [5.74, 6) is -0.888. The molecule has 104 valence electrons. The molecule has 2 rings (SSSR count). The lowest BCUT2D eigenvalue weighted by Gasteiger charge is -2.07. The van der Waals surface area contributed by atoms with E-state index in [-0.39, 0.29) is 18.0 Å². The summed E-state index contributed by atoms with van der Waals surface area (Å²) in [6.07, 6.45) is 1.32. The summed E-state index contributed by atoms with van der Waals surface area (Å²) in [6.45, 7) is 2.11. The second kappa shape index (κ2) is 6.05. The fraction of sp³-hybridized carbons (Fsp3) is 0.231. The molecule has 0 fully saturated rings. The molecule has 0 spiro atoms. The van der Waals surface area contributed by atoms with Gasteiger partial charge in [-0.2, -0.15) is 9.49 Å². The van der Waals surface area contributed by atoms with Crippen molar-refractivity contribution in [1.82, 2.24) is 20.1 Å². The van der Waals surface area contributed by atoms with Crippen LogP contribution >= 0.6 is 0 Å². The first-order chi connectivity index (χ1) is 9.60. The fourth-order valence-electron chi connectivity index (χ4n) is 1.63. The Morgan fingerprint density at radius 3 is 2.80 bits per heavy atom. The van der Waals surface area contributed by atoms with E-state index >= 15 is 0 Å². The zero-order valence-corrected chi connectivity index (χ0v) is 10.8. The quantitative estimate of drug-likeness (QED) is 0.829. The van der Waals surface area contributed by atoms with Crippen LogP contribution in [0, 0.1) is 5.95 Å². The van der Waals surface area contributed by atoms with Crippen molar-refractivity contribution in [3.05, 3.63) is 46.8 Å². The highest BCUT2D eigenvalue weighted by atomic mass is 19.1. The molecule has 20 heavy (non-hydrogen) atoms. The van der Waals surface area contributed by atoms with Gasteiger partial charge in [0.1, 0.15) is 6.54 Å². The van der Waals surface area contributed by atoms with Crippen LogP contribution in [-0.4, -0.2) is 27.2 Å². The molecule has 1 amide bonds. The molecule has 7 heteroatoms. The topological polar surface area (TPSA) is 76.9 Å². The molecule has 0 aliphatic heterocycles. The van der Waals surface area contributed by atoms with E-state index in [1.165, 1.54) is 30.5 Å². The van der Waals surface area contributed by atoms with Crippen LogP contribution in [-0.2, 0) is 11.3 Å². The van der Waals surface area contributed by atoms with E-state index in [4.69, 9.17) is 0 Å². The van der Waals surface area contributed by atoms with Crippen LogP contribution in [0.2, 0.25) is 0 Å². The van der Waals surface area contributed by atoms with E-state index in [0.29, 0.717) is 17.8 Å². The van der Waals surface area contributed by atoms with Crippen molar-refractivity contribution in [3.8, 4) is 11.3 Å². The van der Waals surface area contributed by atoms with Gasteiger partial charge in [-0.05, 0) is 25.1 Å². The number of hydrogen-bond acceptors (Lipinski definition) is 4. The first-order valence-corrected chi connectivity index (χ1v) is 6.07. The predicted molar refractivity (Wildman–Crippen MR) is 70.4 cm³/mol. The molecule has 0 radical (unpaired) electrons. The van der Waals surface area contributed by atoms with E-state index in [0.717, 1.165) is 4.68 Å². The Kier molecular flexibility index (Phi) is 4.19. The zero-order chi connectivity index (χ0) is 14.5. The smallest absolute Gasteiger partial charge is 0.267 e. The highest BCUT2D eigenvalue weighted by Gasteiger charge is 2.07. The maximum Gasteiger partial charge on any atom is 0.267 e. The Balaban J connectivity index is 2.31. The summed E-state index contributed by atoms with van der Waals surface area (Å²) < 4.78 is 13.8. The number of carbonyl (C=O) groups excluding carboxylic acids is 1. The maximum atomic E-state index is 12.8. The first kappa shape index (κ1) is 13.9. The van der Waals surface area contributed by atoms with Crippen molar-refractivity contribution in [2.75, 3.05) is 6.54 Å². The first-order valence-electron chi connectivity index (χ1n) is 6.07. The zero-order valence-electron chi connectivity index (χ0n) is 10.8. The fourth-order valence-corrected chi connectivity index (χ4v) is 1.63. The predicted octanol–water partition coefficient (Wildman–Crippen LogP) is 0.581. The Hall–Kier alpha value is -2.57. The van der Waals surface area contributed by atoms with E-state index in [9.17, 15) is 14.0 Å². The number of pyridine rings is 1. The number of halogens is 1. The lowest BCUT2D eigenvalue weighted by Crippen LogP contribution is -2.33. The van der Waals surface area contributed by atoms with Gasteiger partial charge in [-0.3, -0.25) is 9.59 Å². The second-order valence-corrected chi connectivity index (χ2v) is 4.04. The van der Waals surface area contributed by atoms with Crippen LogP contribution < -0.4 is 10.9 Å². The summed E-state index contributed by atoms with van der Waals surface area (Å²) in [7, 11) is 0. The molecule has 2 heterocycles. The van der Waals surface area contributed by atoms with Crippen LogP contribution in [0.3, 0.4) is 0 Å². The molecule has 0 aliphatic rings. The molecule has 0 unspecified atom stereocenters. The molecule has 2 aromatic rings. The number of rotatable bonds is 4. The van der Waals surface area contributed by atoms with E-state index in [2.05, 4.69) is 15.4 Å². The number of nitrogens with zero attached hydrogens (tertiary/aromatic N) is 3. The average molecular weight is 276 g/mol. The van der Waals surface area contributed by atoms with Gasteiger partial charge in [0.05, 0.1) is 5.69 Å². The largest absolute Gasteiger partial charge is 0.355 e. The van der Waals surface area contributed by atoms with Crippen LogP contribution in [0.1, 0.15) is 6.92 Å². The van der Waals surface area contributed by atoms with Crippen LogP contribution in [0.5, 0.6) is 0 Å². The van der Waals surface area contributed by atoms with E-state index < -0.39 is 5.95 Å². The third-order valence-corrected chi connectivity index (χ3v) is 2.56. The van der Waals surface area contributed by atoms with Crippen molar-refractivity contribution < 1.29 is 9.18 Å². The molecule has 2 aromatic heterocycles. The summed E-state index contributed by atoms with van der Waals surface area (Å²) in [4.78, 5) is 26.7. The molecule has 0 saturated heterocycles. The number of aromatic nitrogens is 3. The van der Waals surface area contributed by atoms with Crippen molar-refractivity contribution in [3.63, 3.8) is 0 Å². The van der Waals surface area contributed by atoms with Gasteiger partial charge in [0, 0.05) is 24.4 Å². The lowest BCUT2D eigenvalue weighted by atomic mass is 10.2. The monoisotopic (exact) mass is 276 g/mol. The summed E-state index contributed by atoms with van der Waals surface area (Å²) in [5.41, 5.74) is 0.632. The van der Waals surface area contributed by atoms with Crippen molar-refractivity contribution in [1.29, 1.82) is 0 Å². The van der Waals surface area contributed by atoms with E-state index in [1.54, 1.807) is 6.92 Å². The molecule has 1 N–H and O–H groups in total. The normalized spacial score (nSPS) is 10.3. The standard InChI is InChI=1S/C13H13FN4O2/c1-2-15-12(19)8-18-13(20)6-4-10(17-18)9-3-5-11(14)16-7-9/h3-7H,2,8H2,1H3,(H,15,19). The third kappa shape index (κ3) is 3.25. The van der Waals surface area contributed by atoms with E-state index in [1.807, 2.05) is 0 Å². The van der Waals surface area contributed by atoms with Crippen LogP contribution in [0.25, 0.3) is 11.3 Å². The summed E-state index contributed by atoms with van der Waals surface area (Å²) >= 11 is 0. The average Bonchev–Trinajstić information content (AvgIpc) is 2.42. The molecule has 0 aliphatic carbocycles. The van der Waals surface area contributed by atoms with Crippen molar-refractivity contribution in [2.45, 2.75) is 13.5 Å². The van der Waals surface area contributed by atoms with Crippen molar-refractivity contribution in [2.24, 2.45) is 0 Å². The Morgan fingerprint density at radius 2 is 2.15 bits per heavy atom. The Morgan fingerprint density at radius 1 is 1.35 bits per heavy atom. The van der Waals surface area contributed by atoms with Gasteiger partial charge in [0.15, 0.2) is 0 Å². The molecule has 0 atom stereocenters. The van der Waals surface area contributed by atoms with Gasteiger partial charge >= 0.3 is 0 Å². The highest BCUT2D eigenvalue weighted by molar-refractivity contribution is 5.75. The van der Waals surface area contributed by atoms with Gasteiger partial charge in [-0.1, -0.05) is 0 Å². The van der Waals surface area contributed by atoms with Crippen molar-refractivity contribution >= 4 is 5.91 Å². The number of nitrogens with one attached hydrogen (secondary N) is 1. The molecular weight excluding hydrogens is 263 g/mol. The summed E-state index contributed by atoms with van der Waals surface area (Å²) in [6, 6.07) is 5.53. The Bertz CT molecular complexity index is 667. The maximum absolute atomic E-state index is 12.8. The summed E-state index contributed by atoms with van der Waals surface area (Å²) in [5, 5.41) is 6.66. The number of carbonyl (C=O) groups is 1. The van der Waals surface area contributed by atoms with Crippen LogP contribution in [0.4, 0.5) is 4.39 Å². The van der Waals surface area contributed by atoms with Crippen LogP contribution in [0.15, 0.2) is 35.3 Å². The minimum atomic E-state index is -0.593. The molecule has 0 aromatic carbocycles. The minimum absolute atomic E-state index is 0.158. The van der Waals surface area contributed by atoms with Gasteiger partial charge in [-0.25, -0.2) is 9.67 Å². The van der Waals surface area contributed by atoms with Gasteiger partial charge in [-0.15, -0.1) is 0 Å². The number of hydrogen-bond donors (Lipinski definition) is 1. The molecule has 6 nitrogen and oxygen atoms in total. The third-order valence-electron chi connectivity index (χ3n) is 2.56. The SMILES string of the molecule is CCNC(=O)Cn1nc(-c2ccc(F)nc2)ccc1=O. The molecule has 0 saturated carbocycles. The lowest BCUT2D eigenvalue weighted by molar-refractivity contribution is -0.121. The Labute approximate surface area is 114 Å². The number of likely N-dealkylation sites (N-methyl/N-ethyl adjacent to an activating group) is 1. The molecular formula is C13H13FN4O2. The highest BCUT2D eigenvalue weighted by Crippen LogP contribution is 2.13. The second-order valence-electron chi connectivity index (χ2n) is 4.04. The van der Waals surface area contributed by atoms with Gasteiger partial charge in [0.25, 0.3) is 5.56 Å². The minimum Gasteiger partial charge on any atom is -0.355 e. The van der Waals surface area contributed by atoms with Gasteiger partial charge < -0.3 is 5.32 Å². The molecule has 0 bridgehead atoms. The van der Waals surface area contributed by atoms with Gasteiger partial charge in [0.2, 0.25) is 11.9 Å².